The predicted molar refractivity (Wildman–Crippen MR) is 183 cm³/mol. The molecule has 11 heteroatoms. The van der Waals surface area contributed by atoms with Gasteiger partial charge in [-0.3, -0.25) is 19.2 Å². The highest BCUT2D eigenvalue weighted by Crippen LogP contribution is 2.56. The number of ether oxygens (including phenoxy) is 6. The van der Waals surface area contributed by atoms with Crippen LogP contribution in [-0.2, 0) is 38.1 Å². The lowest BCUT2D eigenvalue weighted by atomic mass is 9.75. The molecule has 0 amide bonds. The number of carbonyl (C=O) groups excluding carboxylic acids is 4. The van der Waals surface area contributed by atoms with Crippen molar-refractivity contribution >= 4 is 39.1 Å². The van der Waals surface area contributed by atoms with Gasteiger partial charge in [-0.1, -0.05) is 34.0 Å². The number of ketones is 4. The first-order chi connectivity index (χ1) is 24.2. The number of carbonyl (C=O) groups is 4. The van der Waals surface area contributed by atoms with E-state index in [1.807, 2.05) is 12.1 Å². The van der Waals surface area contributed by atoms with Crippen molar-refractivity contribution < 1.29 is 47.6 Å². The van der Waals surface area contributed by atoms with Crippen molar-refractivity contribution in [3.05, 3.63) is 57.6 Å². The molecule has 4 bridgehead atoms. The topological polar surface area (TPSA) is 124 Å². The van der Waals surface area contributed by atoms with Crippen LogP contribution in [0.1, 0.15) is 48.3 Å². The Kier molecular flexibility index (Phi) is 9.78. The first kappa shape index (κ1) is 35.0. The fourth-order valence-electron chi connectivity index (χ4n) is 9.60. The molecule has 2 saturated carbocycles. The molecular weight excluding hydrogens is 708 g/mol. The maximum Gasteiger partial charge on any atom is 0.154 e. The van der Waals surface area contributed by atoms with E-state index in [4.69, 9.17) is 28.4 Å². The molecule has 4 saturated heterocycles. The Balaban J connectivity index is 0.000000157. The minimum absolute atomic E-state index is 0.0195. The van der Waals surface area contributed by atoms with Gasteiger partial charge >= 0.3 is 0 Å². The van der Waals surface area contributed by atoms with Gasteiger partial charge in [-0.05, 0) is 44.0 Å². The summed E-state index contributed by atoms with van der Waals surface area (Å²) in [6.07, 6.45) is 0.868. The third kappa shape index (κ3) is 5.55. The van der Waals surface area contributed by atoms with E-state index in [0.717, 1.165) is 22.9 Å². The molecule has 12 atom stereocenters. The van der Waals surface area contributed by atoms with E-state index in [2.05, 4.69) is 27.8 Å². The molecule has 6 fully saturated rings. The lowest BCUT2D eigenvalue weighted by Gasteiger charge is -2.25. The average Bonchev–Trinajstić information content (AvgIpc) is 3.95. The Labute approximate surface area is 300 Å². The molecule has 264 valence electrons. The fraction of sp³-hybridized carbons (Fsp3) is 0.538. The first-order valence-corrected chi connectivity index (χ1v) is 17.8. The predicted octanol–water partition coefficient (Wildman–Crippen LogP) is 4.33. The summed E-state index contributed by atoms with van der Waals surface area (Å²) < 4.78 is 34.1. The Hall–Kier alpha value is -3.40. The maximum absolute atomic E-state index is 13.2. The van der Waals surface area contributed by atoms with E-state index >= 15 is 0 Å². The number of hydrogen-bond acceptors (Lipinski definition) is 10. The second-order valence-corrected chi connectivity index (χ2v) is 14.9. The van der Waals surface area contributed by atoms with Crippen LogP contribution in [-0.4, -0.2) is 89.2 Å². The molecule has 0 aromatic heterocycles. The Bertz CT molecular complexity index is 1780. The maximum atomic E-state index is 13.2. The number of hydrogen-bond donors (Lipinski definition) is 0. The van der Waals surface area contributed by atoms with Crippen molar-refractivity contribution in [2.75, 3.05) is 41.7 Å². The summed E-state index contributed by atoms with van der Waals surface area (Å²) in [5.74, 6) is 4.35. The highest BCUT2D eigenvalue weighted by Gasteiger charge is 2.67. The monoisotopic (exact) mass is 748 g/mol. The van der Waals surface area contributed by atoms with Gasteiger partial charge in [0.1, 0.15) is 23.3 Å². The van der Waals surface area contributed by atoms with Crippen LogP contribution in [0, 0.1) is 47.3 Å². The number of methoxy groups -OCH3 is 4. The molecular formula is C39H41BrO10. The van der Waals surface area contributed by atoms with E-state index in [9.17, 15) is 19.2 Å². The average molecular weight is 750 g/mol. The van der Waals surface area contributed by atoms with Crippen molar-refractivity contribution in [3.8, 4) is 23.3 Å². The quantitative estimate of drug-likeness (QED) is 0.285. The van der Waals surface area contributed by atoms with E-state index in [0.29, 0.717) is 35.8 Å². The molecule has 0 spiro atoms. The van der Waals surface area contributed by atoms with Crippen LogP contribution in [0.2, 0.25) is 0 Å². The van der Waals surface area contributed by atoms with E-state index in [-0.39, 0.29) is 83.1 Å². The summed E-state index contributed by atoms with van der Waals surface area (Å²) in [6, 6.07) is 10.9. The molecule has 2 unspecified atom stereocenters. The molecule has 0 radical (unpaired) electrons. The van der Waals surface area contributed by atoms with Gasteiger partial charge in [-0.25, -0.2) is 0 Å². The van der Waals surface area contributed by atoms with Gasteiger partial charge in [0, 0.05) is 47.2 Å². The van der Waals surface area contributed by atoms with E-state index in [1.54, 1.807) is 59.6 Å². The van der Waals surface area contributed by atoms with Crippen LogP contribution in [0.25, 0.3) is 0 Å². The van der Waals surface area contributed by atoms with Crippen LogP contribution in [0.3, 0.4) is 0 Å². The third-order valence-corrected chi connectivity index (χ3v) is 12.0. The third-order valence-electron chi connectivity index (χ3n) is 11.5. The van der Waals surface area contributed by atoms with Crippen molar-refractivity contribution in [1.29, 1.82) is 0 Å². The van der Waals surface area contributed by atoms with Crippen LogP contribution >= 0.6 is 15.9 Å². The molecule has 4 heterocycles. The molecule has 50 heavy (non-hydrogen) atoms. The van der Waals surface area contributed by atoms with Crippen LogP contribution in [0.5, 0.6) is 11.5 Å². The summed E-state index contributed by atoms with van der Waals surface area (Å²) in [5.41, 5.74) is 2.10. The molecule has 2 aromatic carbocycles. The minimum atomic E-state index is -0.765. The summed E-state index contributed by atoms with van der Waals surface area (Å²) >= 11 is 3.39. The van der Waals surface area contributed by atoms with Crippen molar-refractivity contribution in [3.63, 3.8) is 0 Å². The Morgan fingerprint density at radius 3 is 1.60 bits per heavy atom. The zero-order chi connectivity index (χ0) is 35.4. The second kappa shape index (κ2) is 14.0. The minimum Gasteiger partial charge on any atom is -0.496 e. The number of fused-ring (bicyclic) bond motifs is 10. The van der Waals surface area contributed by atoms with Gasteiger partial charge in [-0.15, -0.1) is 5.92 Å². The summed E-state index contributed by atoms with van der Waals surface area (Å²) in [6.45, 7) is 2.89. The van der Waals surface area contributed by atoms with E-state index < -0.39 is 11.8 Å². The lowest BCUT2D eigenvalue weighted by molar-refractivity contribution is -0.129. The Morgan fingerprint density at radius 2 is 1.14 bits per heavy atom. The molecule has 4 aliphatic heterocycles. The molecule has 0 N–H and O–H groups in total. The van der Waals surface area contributed by atoms with Gasteiger partial charge in [0.25, 0.3) is 0 Å². The van der Waals surface area contributed by atoms with Gasteiger partial charge in [0.15, 0.2) is 23.1 Å². The summed E-state index contributed by atoms with van der Waals surface area (Å²) in [4.78, 5) is 52.4. The number of benzene rings is 2. The van der Waals surface area contributed by atoms with Gasteiger partial charge in [-0.2, -0.15) is 0 Å². The molecule has 2 aromatic rings. The zero-order valence-electron chi connectivity index (χ0n) is 28.7. The van der Waals surface area contributed by atoms with Crippen molar-refractivity contribution in [2.45, 2.75) is 56.0 Å². The largest absolute Gasteiger partial charge is 0.496 e. The van der Waals surface area contributed by atoms with E-state index in [1.165, 1.54) is 0 Å². The lowest BCUT2D eigenvalue weighted by Crippen LogP contribution is -2.36. The first-order valence-electron chi connectivity index (χ1n) is 17.0. The SMILES string of the molecule is CC#Cc1ccc(C2C(=O)[C@@H]3[C@@H]4O[C@@H](C[C@@H]4COC)[C@@H]3C2=O)c(OC)c1.COC[C@H]1C[C@@H]2O[C@H]1[C@H]1C(=O)C(c3ccc(Br)cc3OC)C(=O)[C@H]12. The Morgan fingerprint density at radius 1 is 0.680 bits per heavy atom. The van der Waals surface area contributed by atoms with Crippen molar-refractivity contribution in [2.24, 2.45) is 35.5 Å². The normalized spacial score (nSPS) is 35.8. The van der Waals surface area contributed by atoms with Gasteiger partial charge < -0.3 is 28.4 Å². The zero-order valence-corrected chi connectivity index (χ0v) is 30.3. The van der Waals surface area contributed by atoms with Gasteiger partial charge in [0.05, 0.1) is 75.5 Å². The summed E-state index contributed by atoms with van der Waals surface area (Å²) in [7, 11) is 6.41. The van der Waals surface area contributed by atoms with Crippen molar-refractivity contribution in [1.82, 2.24) is 0 Å². The molecule has 10 nitrogen and oxygen atoms in total. The second-order valence-electron chi connectivity index (χ2n) is 14.0. The van der Waals surface area contributed by atoms with Crippen LogP contribution in [0.4, 0.5) is 0 Å². The standard InChI is InChI=1S/C21H22O5.C18H19BrO5/c1-4-5-11-6-7-13(14(8-11)25-3)16-19(22)17-15-9-12(10-24-2)21(26-15)18(17)20(16)23;1-22-7-8-5-12-14-15(18(8)24-12)17(21)13(16(14)20)10-4-3-9(19)6-11(10)23-2/h6-8,12,15-18,21H,9-10H2,1-3H3;3-4,6,8,12-15,18H,5,7H2,1-2H3/t12-,15+,16?,17+,18-,21-;8-,12+,13?,14+,15-,18-/m11/s1. The molecule has 6 aliphatic rings. The summed E-state index contributed by atoms with van der Waals surface area (Å²) in [5, 5.41) is 0. The highest BCUT2D eigenvalue weighted by atomic mass is 79.9. The number of Topliss-reactive ketones (excluding diaryl/α,β-unsaturated/α-hetero) is 4. The molecule has 2 aliphatic carbocycles. The van der Waals surface area contributed by atoms with Crippen LogP contribution < -0.4 is 9.47 Å². The van der Waals surface area contributed by atoms with Gasteiger partial charge in [0.2, 0.25) is 0 Å². The molecule has 8 rings (SSSR count). The fourth-order valence-corrected chi connectivity index (χ4v) is 9.94. The highest BCUT2D eigenvalue weighted by molar-refractivity contribution is 9.10. The van der Waals surface area contributed by atoms with Crippen LogP contribution in [0.15, 0.2) is 40.9 Å². The number of rotatable bonds is 8. The number of halogens is 1. The smallest absolute Gasteiger partial charge is 0.154 e.